The number of carbonyl (C=O) groups excluding carboxylic acids is 1. The molecule has 132 valence electrons. The highest BCUT2D eigenvalue weighted by Crippen LogP contribution is 2.37. The standard InChI is InChI=1S/C19H22N2O3S/c1-4-20-19(22)15-7-10-18-16(12-15)11-14(3)21(18)25(23,24)17-8-5-13(2)6-9-17/h5-10,12,14H,4,11H2,1-3H3,(H,20,22)/t14-/m1/s1. The van der Waals surface area contributed by atoms with Crippen LogP contribution >= 0.6 is 0 Å². The molecule has 25 heavy (non-hydrogen) atoms. The van der Waals surface area contributed by atoms with Crippen LogP contribution in [0.15, 0.2) is 47.4 Å². The van der Waals surface area contributed by atoms with Gasteiger partial charge in [0.15, 0.2) is 0 Å². The van der Waals surface area contributed by atoms with Crippen molar-refractivity contribution < 1.29 is 13.2 Å². The first-order valence-corrected chi connectivity index (χ1v) is 9.81. The van der Waals surface area contributed by atoms with Gasteiger partial charge < -0.3 is 5.32 Å². The Labute approximate surface area is 148 Å². The topological polar surface area (TPSA) is 66.5 Å². The molecular formula is C19H22N2O3S. The monoisotopic (exact) mass is 358 g/mol. The zero-order chi connectivity index (χ0) is 18.2. The average Bonchev–Trinajstić information content (AvgIpc) is 2.91. The fourth-order valence-corrected chi connectivity index (χ4v) is 4.89. The molecule has 2 aromatic rings. The number of sulfonamides is 1. The Balaban J connectivity index is 2.00. The maximum atomic E-state index is 13.1. The molecule has 1 atom stereocenters. The highest BCUT2D eigenvalue weighted by molar-refractivity contribution is 7.92. The molecule has 1 amide bonds. The van der Waals surface area contributed by atoms with Crippen molar-refractivity contribution in [3.05, 3.63) is 59.2 Å². The quantitative estimate of drug-likeness (QED) is 0.914. The zero-order valence-corrected chi connectivity index (χ0v) is 15.4. The number of carbonyl (C=O) groups is 1. The summed E-state index contributed by atoms with van der Waals surface area (Å²) in [7, 11) is -3.63. The minimum atomic E-state index is -3.63. The number of aryl methyl sites for hydroxylation is 1. The van der Waals surface area contributed by atoms with E-state index < -0.39 is 10.0 Å². The molecule has 1 N–H and O–H groups in total. The second-order valence-electron chi connectivity index (χ2n) is 6.37. The van der Waals surface area contributed by atoms with Crippen LogP contribution < -0.4 is 9.62 Å². The fourth-order valence-electron chi connectivity index (χ4n) is 3.20. The summed E-state index contributed by atoms with van der Waals surface area (Å²) in [6.07, 6.45) is 0.591. The van der Waals surface area contributed by atoms with Crippen LogP contribution in [0.5, 0.6) is 0 Å². The fraction of sp³-hybridized carbons (Fsp3) is 0.316. The number of nitrogens with one attached hydrogen (secondary N) is 1. The molecule has 0 radical (unpaired) electrons. The lowest BCUT2D eigenvalue weighted by Crippen LogP contribution is -2.35. The Hall–Kier alpha value is -2.34. The summed E-state index contributed by atoms with van der Waals surface area (Å²) < 4.78 is 27.6. The van der Waals surface area contributed by atoms with Gasteiger partial charge in [-0.1, -0.05) is 17.7 Å². The molecule has 1 aliphatic heterocycles. The van der Waals surface area contributed by atoms with Crippen molar-refractivity contribution in [3.8, 4) is 0 Å². The van der Waals surface area contributed by atoms with Gasteiger partial charge in [0, 0.05) is 18.2 Å². The highest BCUT2D eigenvalue weighted by atomic mass is 32.2. The third-order valence-corrected chi connectivity index (χ3v) is 6.35. The summed E-state index contributed by atoms with van der Waals surface area (Å²) in [5.41, 5.74) is 3.11. The number of hydrogen-bond donors (Lipinski definition) is 1. The lowest BCUT2D eigenvalue weighted by molar-refractivity contribution is 0.0955. The van der Waals surface area contributed by atoms with Gasteiger partial charge in [-0.3, -0.25) is 9.10 Å². The maximum Gasteiger partial charge on any atom is 0.264 e. The summed E-state index contributed by atoms with van der Waals surface area (Å²) in [4.78, 5) is 12.3. The average molecular weight is 358 g/mol. The Morgan fingerprint density at radius 1 is 1.20 bits per heavy atom. The van der Waals surface area contributed by atoms with E-state index in [2.05, 4.69) is 5.32 Å². The minimum absolute atomic E-state index is 0.141. The third-order valence-electron chi connectivity index (χ3n) is 4.41. The first-order chi connectivity index (χ1) is 11.8. The van der Waals surface area contributed by atoms with E-state index in [1.165, 1.54) is 4.31 Å². The molecule has 1 aliphatic rings. The van der Waals surface area contributed by atoms with Crippen molar-refractivity contribution in [1.29, 1.82) is 0 Å². The summed E-state index contributed by atoms with van der Waals surface area (Å²) in [5, 5.41) is 2.77. The van der Waals surface area contributed by atoms with Gasteiger partial charge in [-0.2, -0.15) is 0 Å². The van der Waals surface area contributed by atoms with Gasteiger partial charge in [0.05, 0.1) is 10.6 Å². The predicted octanol–water partition coefficient (Wildman–Crippen LogP) is 2.88. The summed E-state index contributed by atoms with van der Waals surface area (Å²) in [6, 6.07) is 11.9. The zero-order valence-electron chi connectivity index (χ0n) is 14.6. The Kier molecular flexibility index (Phi) is 4.56. The van der Waals surface area contributed by atoms with Crippen LogP contribution in [0.1, 0.15) is 35.3 Å². The Morgan fingerprint density at radius 2 is 1.88 bits per heavy atom. The van der Waals surface area contributed by atoms with Crippen molar-refractivity contribution in [3.63, 3.8) is 0 Å². The van der Waals surface area contributed by atoms with Crippen molar-refractivity contribution in [2.45, 2.75) is 38.1 Å². The van der Waals surface area contributed by atoms with Crippen molar-refractivity contribution in [2.75, 3.05) is 10.8 Å². The van der Waals surface area contributed by atoms with Gasteiger partial charge in [-0.05, 0) is 63.1 Å². The molecule has 0 unspecified atom stereocenters. The van der Waals surface area contributed by atoms with Gasteiger partial charge in [0.2, 0.25) is 0 Å². The van der Waals surface area contributed by atoms with E-state index >= 15 is 0 Å². The predicted molar refractivity (Wildman–Crippen MR) is 98.5 cm³/mol. The molecule has 0 saturated heterocycles. The molecule has 0 bridgehead atoms. The van der Waals surface area contributed by atoms with Crippen LogP contribution in [-0.4, -0.2) is 26.9 Å². The van der Waals surface area contributed by atoms with E-state index in [-0.39, 0.29) is 16.8 Å². The molecule has 0 spiro atoms. The molecule has 1 heterocycles. The van der Waals surface area contributed by atoms with E-state index in [1.807, 2.05) is 20.8 Å². The molecule has 3 rings (SSSR count). The second kappa shape index (κ2) is 6.52. The van der Waals surface area contributed by atoms with Crippen LogP contribution in [0.2, 0.25) is 0 Å². The van der Waals surface area contributed by atoms with Gasteiger partial charge in [0.1, 0.15) is 0 Å². The first-order valence-electron chi connectivity index (χ1n) is 8.37. The van der Waals surface area contributed by atoms with E-state index in [0.29, 0.717) is 24.2 Å². The van der Waals surface area contributed by atoms with E-state index in [1.54, 1.807) is 42.5 Å². The second-order valence-corrected chi connectivity index (χ2v) is 8.18. The SMILES string of the molecule is CCNC(=O)c1ccc2c(c1)C[C@@H](C)N2S(=O)(=O)c1ccc(C)cc1. The van der Waals surface area contributed by atoms with Gasteiger partial charge >= 0.3 is 0 Å². The number of fused-ring (bicyclic) bond motifs is 1. The van der Waals surface area contributed by atoms with E-state index in [4.69, 9.17) is 0 Å². The number of amides is 1. The third kappa shape index (κ3) is 3.14. The van der Waals surface area contributed by atoms with Gasteiger partial charge in [-0.15, -0.1) is 0 Å². The molecule has 0 aliphatic carbocycles. The summed E-state index contributed by atoms with van der Waals surface area (Å²) in [5.74, 6) is -0.141. The molecule has 5 nitrogen and oxygen atoms in total. The number of benzene rings is 2. The lowest BCUT2D eigenvalue weighted by atomic mass is 10.1. The van der Waals surface area contributed by atoms with E-state index in [0.717, 1.165) is 11.1 Å². The van der Waals surface area contributed by atoms with Crippen molar-refractivity contribution >= 4 is 21.6 Å². The number of hydrogen-bond acceptors (Lipinski definition) is 3. The smallest absolute Gasteiger partial charge is 0.264 e. The first kappa shape index (κ1) is 17.5. The van der Waals surface area contributed by atoms with Crippen LogP contribution in [0.25, 0.3) is 0 Å². The lowest BCUT2D eigenvalue weighted by Gasteiger charge is -2.24. The summed E-state index contributed by atoms with van der Waals surface area (Å²) in [6.45, 7) is 6.23. The molecule has 2 aromatic carbocycles. The highest BCUT2D eigenvalue weighted by Gasteiger charge is 2.36. The molecular weight excluding hydrogens is 336 g/mol. The van der Waals surface area contributed by atoms with Crippen LogP contribution in [0.3, 0.4) is 0 Å². The Morgan fingerprint density at radius 3 is 2.52 bits per heavy atom. The van der Waals surface area contributed by atoms with Crippen LogP contribution in [0, 0.1) is 6.92 Å². The van der Waals surface area contributed by atoms with Gasteiger partial charge in [0.25, 0.3) is 15.9 Å². The number of anilines is 1. The molecule has 6 heteroatoms. The largest absolute Gasteiger partial charge is 0.352 e. The molecule has 0 fully saturated rings. The summed E-state index contributed by atoms with van der Waals surface area (Å²) >= 11 is 0. The molecule has 0 saturated carbocycles. The molecule has 0 aromatic heterocycles. The normalized spacial score (nSPS) is 16.6. The van der Waals surface area contributed by atoms with Crippen molar-refractivity contribution in [2.24, 2.45) is 0 Å². The minimum Gasteiger partial charge on any atom is -0.352 e. The maximum absolute atomic E-state index is 13.1. The van der Waals surface area contributed by atoms with E-state index in [9.17, 15) is 13.2 Å². The number of rotatable bonds is 4. The van der Waals surface area contributed by atoms with Crippen LogP contribution in [0.4, 0.5) is 5.69 Å². The van der Waals surface area contributed by atoms with Crippen LogP contribution in [-0.2, 0) is 16.4 Å². The Bertz CT molecular complexity index is 905. The number of nitrogens with zero attached hydrogens (tertiary/aromatic N) is 1. The van der Waals surface area contributed by atoms with Gasteiger partial charge in [-0.25, -0.2) is 8.42 Å². The van der Waals surface area contributed by atoms with Crippen molar-refractivity contribution in [1.82, 2.24) is 5.32 Å².